The minimum atomic E-state index is -4.63. The first-order chi connectivity index (χ1) is 17.9. The van der Waals surface area contributed by atoms with Gasteiger partial charge in [0.15, 0.2) is 5.69 Å². The zero-order valence-electron chi connectivity index (χ0n) is 21.6. The van der Waals surface area contributed by atoms with E-state index >= 15 is 0 Å². The number of carbonyl (C=O) groups excluding carboxylic acids is 2. The molecule has 2 aromatic carbocycles. The summed E-state index contributed by atoms with van der Waals surface area (Å²) in [7, 11) is 1.60. The minimum absolute atomic E-state index is 0.0580. The highest BCUT2D eigenvalue weighted by Gasteiger charge is 2.34. The molecule has 11 heteroatoms. The fraction of sp³-hybridized carbons (Fsp3) is 0.370. The van der Waals surface area contributed by atoms with Crippen molar-refractivity contribution >= 4 is 11.9 Å². The second-order valence-electron chi connectivity index (χ2n) is 10.2. The molecule has 0 bridgehead atoms. The van der Waals surface area contributed by atoms with Gasteiger partial charge in [0.1, 0.15) is 11.4 Å². The second kappa shape index (κ2) is 10.4. The van der Waals surface area contributed by atoms with Gasteiger partial charge in [-0.2, -0.15) is 18.3 Å². The number of fused-ring (bicyclic) bond motifs is 1. The van der Waals surface area contributed by atoms with Crippen LogP contribution in [0.3, 0.4) is 0 Å². The molecule has 1 aromatic heterocycles. The van der Waals surface area contributed by atoms with Gasteiger partial charge in [-0.3, -0.25) is 9.89 Å². The maximum Gasteiger partial charge on any atom is 0.432 e. The van der Waals surface area contributed by atoms with Crippen LogP contribution in [0.15, 0.2) is 42.5 Å². The molecule has 0 fully saturated rings. The van der Waals surface area contributed by atoms with Crippen molar-refractivity contribution in [2.24, 2.45) is 0 Å². The van der Waals surface area contributed by atoms with E-state index in [0.29, 0.717) is 31.3 Å². The van der Waals surface area contributed by atoms with Crippen LogP contribution in [0.2, 0.25) is 0 Å². The van der Waals surface area contributed by atoms with Crippen molar-refractivity contribution in [3.8, 4) is 16.9 Å². The van der Waals surface area contributed by atoms with Gasteiger partial charge in [0.05, 0.1) is 7.11 Å². The number of carbonyl (C=O) groups is 2. The number of H-pyrrole nitrogens is 1. The highest BCUT2D eigenvalue weighted by molar-refractivity contribution is 5.92. The number of hydrogen-bond donors (Lipinski definition) is 3. The molecule has 0 aliphatic carbocycles. The fourth-order valence-electron chi connectivity index (χ4n) is 4.39. The predicted molar refractivity (Wildman–Crippen MR) is 136 cm³/mol. The molecular weight excluding hydrogens is 499 g/mol. The van der Waals surface area contributed by atoms with Crippen LogP contribution in [-0.4, -0.2) is 46.2 Å². The first-order valence-electron chi connectivity index (χ1n) is 12.1. The van der Waals surface area contributed by atoms with E-state index < -0.39 is 23.3 Å². The van der Waals surface area contributed by atoms with E-state index in [1.807, 2.05) is 62.3 Å². The smallest absolute Gasteiger partial charge is 0.432 e. The summed E-state index contributed by atoms with van der Waals surface area (Å²) < 4.78 is 44.0. The summed E-state index contributed by atoms with van der Waals surface area (Å²) in [5.74, 6) is -0.0210. The monoisotopic (exact) mass is 529 g/mol. The lowest BCUT2D eigenvalue weighted by molar-refractivity contribution is -0.141. The van der Waals surface area contributed by atoms with Crippen molar-refractivity contribution in [3.63, 3.8) is 0 Å². The molecule has 202 valence electrons. The molecule has 0 atom stereocenters. The Bertz CT molecular complexity index is 1340. The number of aromatic nitrogens is 2. The Morgan fingerprint density at radius 1 is 1.11 bits per heavy atom. The number of benzene rings is 2. The summed E-state index contributed by atoms with van der Waals surface area (Å²) in [4.78, 5) is 27.2. The van der Waals surface area contributed by atoms with E-state index in [1.54, 1.807) is 12.0 Å². The molecule has 0 spiro atoms. The summed E-state index contributed by atoms with van der Waals surface area (Å²) in [6, 6.07) is 12.0. The Hall–Kier alpha value is -4.02. The summed E-state index contributed by atoms with van der Waals surface area (Å²) in [5.41, 5.74) is 2.79. The molecule has 0 unspecified atom stereocenters. The highest BCUT2D eigenvalue weighted by atomic mass is 19.4. The fourth-order valence-corrected chi connectivity index (χ4v) is 4.39. The van der Waals surface area contributed by atoms with Crippen molar-refractivity contribution in [1.29, 1.82) is 0 Å². The summed E-state index contributed by atoms with van der Waals surface area (Å²) in [5, 5.41) is 11.0. The van der Waals surface area contributed by atoms with Gasteiger partial charge in [-0.25, -0.2) is 4.79 Å². The van der Waals surface area contributed by atoms with Gasteiger partial charge in [-0.15, -0.1) is 0 Å². The first kappa shape index (κ1) is 27.0. The number of nitrogens with one attached hydrogen (secondary N) is 3. The molecule has 3 aromatic rings. The van der Waals surface area contributed by atoms with Crippen LogP contribution in [0.1, 0.15) is 53.6 Å². The van der Waals surface area contributed by atoms with Crippen molar-refractivity contribution < 1.29 is 27.5 Å². The first-order valence-corrected chi connectivity index (χ1v) is 12.1. The zero-order valence-corrected chi connectivity index (χ0v) is 21.6. The second-order valence-corrected chi connectivity index (χ2v) is 10.2. The number of nitrogens with zero attached hydrogens (tertiary/aromatic N) is 2. The third kappa shape index (κ3) is 6.09. The Morgan fingerprint density at radius 3 is 2.53 bits per heavy atom. The number of alkyl halides is 3. The lowest BCUT2D eigenvalue weighted by Gasteiger charge is -2.34. The van der Waals surface area contributed by atoms with Crippen LogP contribution < -0.4 is 15.4 Å². The number of methoxy groups -OCH3 is 1. The zero-order chi connectivity index (χ0) is 27.7. The number of rotatable bonds is 5. The number of ether oxygens (including phenoxy) is 1. The maximum absolute atomic E-state index is 12.9. The lowest BCUT2D eigenvalue weighted by atomic mass is 9.87. The Labute approximate surface area is 218 Å². The molecule has 38 heavy (non-hydrogen) atoms. The molecule has 0 saturated carbocycles. The van der Waals surface area contributed by atoms with Crippen LogP contribution in [-0.2, 0) is 25.7 Å². The molecule has 8 nitrogen and oxygen atoms in total. The number of hydrogen-bond acceptors (Lipinski definition) is 4. The Balaban J connectivity index is 1.63. The van der Waals surface area contributed by atoms with E-state index in [9.17, 15) is 22.8 Å². The number of halogens is 3. The van der Waals surface area contributed by atoms with Crippen LogP contribution in [0.4, 0.5) is 18.0 Å². The topological polar surface area (TPSA) is 99.3 Å². The van der Waals surface area contributed by atoms with Crippen molar-refractivity contribution in [2.45, 2.75) is 52.0 Å². The lowest BCUT2D eigenvalue weighted by Crippen LogP contribution is -2.50. The molecule has 4 rings (SSSR count). The van der Waals surface area contributed by atoms with Crippen molar-refractivity contribution in [3.05, 3.63) is 70.5 Å². The normalized spacial score (nSPS) is 13.6. The quantitative estimate of drug-likeness (QED) is 0.438. The summed E-state index contributed by atoms with van der Waals surface area (Å²) in [6.45, 7) is 6.61. The molecule has 0 radical (unpaired) electrons. The molecule has 0 saturated heterocycles. The van der Waals surface area contributed by atoms with Crippen LogP contribution in [0, 0.1) is 0 Å². The molecule has 1 aliphatic heterocycles. The molecule has 3 amide bonds. The standard InChI is InChI=1S/C27H30F3N5O3/c1-26(2,3)32-25(37)35-11-10-20-19(16-6-5-7-18(12-16)38-4)9-8-17(21(20)15-35)14-31-24(36)22-13-23(34-33-22)27(28,29)30/h5-9,12-13H,10-11,14-15H2,1-4H3,(H,31,36)(H,32,37)(H,33,34). The summed E-state index contributed by atoms with van der Waals surface area (Å²) >= 11 is 0. The molecule has 3 N–H and O–H groups in total. The number of urea groups is 1. The van der Waals surface area contributed by atoms with E-state index in [2.05, 4.69) is 15.7 Å². The number of amides is 3. The van der Waals surface area contributed by atoms with Crippen molar-refractivity contribution in [2.75, 3.05) is 13.7 Å². The van der Waals surface area contributed by atoms with Crippen LogP contribution in [0.25, 0.3) is 11.1 Å². The van der Waals surface area contributed by atoms with Gasteiger partial charge in [0.25, 0.3) is 5.91 Å². The van der Waals surface area contributed by atoms with E-state index in [1.165, 1.54) is 0 Å². The third-order valence-electron chi connectivity index (χ3n) is 6.21. The third-order valence-corrected chi connectivity index (χ3v) is 6.21. The van der Waals surface area contributed by atoms with Gasteiger partial charge in [-0.05, 0) is 67.1 Å². The summed E-state index contributed by atoms with van der Waals surface area (Å²) in [6.07, 6.45) is -4.03. The van der Waals surface area contributed by atoms with Gasteiger partial charge < -0.3 is 20.3 Å². The minimum Gasteiger partial charge on any atom is -0.497 e. The SMILES string of the molecule is COc1cccc(-c2ccc(CNC(=O)c3cc(C(F)(F)F)[nH]n3)c3c2CCN(C(=O)NC(C)(C)C)C3)c1. The molecule has 1 aliphatic rings. The number of aromatic amines is 1. The van der Waals surface area contributed by atoms with Gasteiger partial charge in [0.2, 0.25) is 0 Å². The predicted octanol–water partition coefficient (Wildman–Crippen LogP) is 4.90. The van der Waals surface area contributed by atoms with Gasteiger partial charge >= 0.3 is 12.2 Å². The Morgan fingerprint density at radius 2 is 1.87 bits per heavy atom. The average Bonchev–Trinajstić information content (AvgIpc) is 3.37. The van der Waals surface area contributed by atoms with Gasteiger partial charge in [-0.1, -0.05) is 24.3 Å². The van der Waals surface area contributed by atoms with E-state index in [-0.39, 0.29) is 18.3 Å². The van der Waals surface area contributed by atoms with Crippen LogP contribution >= 0.6 is 0 Å². The largest absolute Gasteiger partial charge is 0.497 e. The highest BCUT2D eigenvalue weighted by Crippen LogP contribution is 2.34. The average molecular weight is 530 g/mol. The van der Waals surface area contributed by atoms with Crippen molar-refractivity contribution in [1.82, 2.24) is 25.7 Å². The van der Waals surface area contributed by atoms with E-state index in [4.69, 9.17) is 4.74 Å². The maximum atomic E-state index is 12.9. The Kier molecular flexibility index (Phi) is 7.39. The molecule has 2 heterocycles. The van der Waals surface area contributed by atoms with Gasteiger partial charge in [0, 0.05) is 31.2 Å². The van der Waals surface area contributed by atoms with Crippen LogP contribution in [0.5, 0.6) is 5.75 Å². The van der Waals surface area contributed by atoms with E-state index in [0.717, 1.165) is 27.8 Å². The molecular formula is C27H30F3N5O3.